The second-order valence-corrected chi connectivity index (χ2v) is 8.48. The molecule has 3 rings (SSSR count). The van der Waals surface area contributed by atoms with E-state index in [2.05, 4.69) is 25.2 Å². The highest BCUT2D eigenvalue weighted by molar-refractivity contribution is 7.95. The van der Waals surface area contributed by atoms with Gasteiger partial charge in [-0.05, 0) is 60.5 Å². The van der Waals surface area contributed by atoms with E-state index in [9.17, 15) is 22.8 Å². The van der Waals surface area contributed by atoms with Crippen LogP contribution in [0, 0.1) is 0 Å². The normalized spacial score (nSPS) is 11.2. The number of halogens is 3. The summed E-state index contributed by atoms with van der Waals surface area (Å²) in [6.45, 7) is 0. The summed E-state index contributed by atoms with van der Waals surface area (Å²) in [5.74, 6) is 0.537. The predicted molar refractivity (Wildman–Crippen MR) is 144 cm³/mol. The van der Waals surface area contributed by atoms with Gasteiger partial charge in [0.2, 0.25) is 0 Å². The average Bonchev–Trinajstić information content (AvgIpc) is 2.91. The quantitative estimate of drug-likeness (QED) is 0.0938. The van der Waals surface area contributed by atoms with E-state index in [1.165, 1.54) is 17.8 Å². The molecule has 0 aromatic heterocycles. The molecule has 13 heteroatoms. The second-order valence-electron chi connectivity index (χ2n) is 7.94. The average molecular weight is 567 g/mol. The van der Waals surface area contributed by atoms with E-state index in [4.69, 9.17) is 9.02 Å². The maximum Gasteiger partial charge on any atom is 0.573 e. The van der Waals surface area contributed by atoms with Crippen molar-refractivity contribution in [3.05, 3.63) is 84.4 Å². The molecule has 0 aliphatic heterocycles. The van der Waals surface area contributed by atoms with Crippen LogP contribution in [0.2, 0.25) is 0 Å². The molecule has 0 fully saturated rings. The van der Waals surface area contributed by atoms with Crippen molar-refractivity contribution in [2.45, 2.75) is 18.8 Å². The van der Waals surface area contributed by atoms with Gasteiger partial charge in [0, 0.05) is 25.5 Å². The van der Waals surface area contributed by atoms with Crippen molar-refractivity contribution in [1.82, 2.24) is 10.8 Å². The fourth-order valence-electron chi connectivity index (χ4n) is 2.93. The van der Waals surface area contributed by atoms with Crippen LogP contribution < -0.4 is 29.9 Å². The van der Waals surface area contributed by atoms with Gasteiger partial charge >= 0.3 is 12.4 Å². The molecule has 0 spiro atoms. The van der Waals surface area contributed by atoms with Crippen LogP contribution in [0.1, 0.15) is 5.56 Å². The molecule has 0 saturated carbocycles. The van der Waals surface area contributed by atoms with Gasteiger partial charge in [0.15, 0.2) is 0 Å². The molecule has 3 N–H and O–H groups in total. The molecule has 3 aromatic carbocycles. The van der Waals surface area contributed by atoms with Gasteiger partial charge in [-0.1, -0.05) is 30.3 Å². The lowest BCUT2D eigenvalue weighted by Gasteiger charge is -2.13. The lowest BCUT2D eigenvalue weighted by Crippen LogP contribution is -2.43. The summed E-state index contributed by atoms with van der Waals surface area (Å²) in [6, 6.07) is 20.6. The molecule has 1 unspecified atom stereocenters. The minimum atomic E-state index is -4.76. The first-order valence-corrected chi connectivity index (χ1v) is 12.1. The van der Waals surface area contributed by atoms with Crippen molar-refractivity contribution in [1.29, 1.82) is 0 Å². The van der Waals surface area contributed by atoms with E-state index in [1.807, 2.05) is 68.7 Å². The molecule has 1 atom stereocenters. The van der Waals surface area contributed by atoms with E-state index in [1.54, 1.807) is 7.11 Å². The fraction of sp³-hybridized carbons (Fsp3) is 0.231. The van der Waals surface area contributed by atoms with Crippen molar-refractivity contribution in [2.75, 3.05) is 30.8 Å². The van der Waals surface area contributed by atoms with Gasteiger partial charge in [-0.15, -0.1) is 13.2 Å². The highest BCUT2D eigenvalue weighted by atomic mass is 32.2. The van der Waals surface area contributed by atoms with Crippen LogP contribution in [0.3, 0.4) is 0 Å². The molecule has 9 nitrogen and oxygen atoms in total. The number of hydrogen-bond donors (Lipinski definition) is 3. The Hall–Kier alpha value is -4.10. The highest BCUT2D eigenvalue weighted by Gasteiger charge is 2.30. The highest BCUT2D eigenvalue weighted by Crippen LogP contribution is 2.24. The zero-order chi connectivity index (χ0) is 28.7. The van der Waals surface area contributed by atoms with Gasteiger partial charge in [0.1, 0.15) is 30.0 Å². The van der Waals surface area contributed by atoms with Gasteiger partial charge in [-0.2, -0.15) is 4.28 Å². The lowest BCUT2D eigenvalue weighted by molar-refractivity contribution is -0.274. The molecular weight excluding hydrogens is 537 g/mol. The zero-order valence-corrected chi connectivity index (χ0v) is 22.2. The maximum absolute atomic E-state index is 12.1. The summed E-state index contributed by atoms with van der Waals surface area (Å²) < 4.78 is 52.5. The van der Waals surface area contributed by atoms with Crippen molar-refractivity contribution in [3.8, 4) is 11.5 Å². The summed E-state index contributed by atoms with van der Waals surface area (Å²) in [4.78, 5) is 24.9. The van der Waals surface area contributed by atoms with Crippen LogP contribution in [0.25, 0.3) is 0 Å². The van der Waals surface area contributed by atoms with Crippen molar-refractivity contribution >= 4 is 35.9 Å². The topological polar surface area (TPSA) is 101 Å². The van der Waals surface area contributed by atoms with Gasteiger partial charge in [0.05, 0.1) is 13.2 Å². The maximum atomic E-state index is 12.1. The third kappa shape index (κ3) is 12.8. The SMILES string of the molecule is COc1ccc(N(C)C)cc1.O=CC(Cc1ccccc1)NC(=O)NOSNc1ccc(OC(F)(F)F)cc1. The molecule has 3 aromatic rings. The number of carbonyl (C=O) groups is 2. The number of methoxy groups -OCH3 is 1. The summed E-state index contributed by atoms with van der Waals surface area (Å²) in [5.41, 5.74) is 4.55. The number of aldehydes is 1. The number of alkyl halides is 3. The van der Waals surface area contributed by atoms with Crippen LogP contribution in [0.4, 0.5) is 29.3 Å². The van der Waals surface area contributed by atoms with E-state index in [0.717, 1.165) is 23.4 Å². The number of nitrogens with zero attached hydrogens (tertiary/aromatic N) is 1. The monoisotopic (exact) mass is 566 g/mol. The summed E-state index contributed by atoms with van der Waals surface area (Å²) in [6.07, 6.45) is -3.82. The zero-order valence-electron chi connectivity index (χ0n) is 21.4. The van der Waals surface area contributed by atoms with Crippen LogP contribution in [0.5, 0.6) is 11.5 Å². The van der Waals surface area contributed by atoms with E-state index in [0.29, 0.717) is 30.6 Å². The Morgan fingerprint density at radius 2 is 1.59 bits per heavy atom. The Kier molecular flexibility index (Phi) is 12.8. The predicted octanol–water partition coefficient (Wildman–Crippen LogP) is 5.36. The molecule has 0 radical (unpaired) electrons. The molecule has 0 aliphatic rings. The number of nitrogens with one attached hydrogen (secondary N) is 3. The van der Waals surface area contributed by atoms with E-state index in [-0.39, 0.29) is 5.75 Å². The minimum Gasteiger partial charge on any atom is -0.497 e. The van der Waals surface area contributed by atoms with Gasteiger partial charge < -0.3 is 29.2 Å². The Balaban J connectivity index is 0.000000404. The van der Waals surface area contributed by atoms with Crippen molar-refractivity contribution in [3.63, 3.8) is 0 Å². The number of benzene rings is 3. The number of hydrogen-bond acceptors (Lipinski definition) is 8. The summed E-state index contributed by atoms with van der Waals surface area (Å²) in [5, 5.41) is 2.44. The van der Waals surface area contributed by atoms with E-state index < -0.39 is 18.4 Å². The Morgan fingerprint density at radius 3 is 2.13 bits per heavy atom. The molecule has 0 saturated heterocycles. The number of urea groups is 1. The number of anilines is 2. The first-order chi connectivity index (χ1) is 18.6. The van der Waals surface area contributed by atoms with Crippen LogP contribution in [-0.4, -0.2) is 45.9 Å². The second kappa shape index (κ2) is 16.0. The Labute approximate surface area is 228 Å². The van der Waals surface area contributed by atoms with Gasteiger partial charge in [-0.3, -0.25) is 0 Å². The standard InChI is InChI=1S/C17H16F3N3O4S.C9H13NO/c18-17(19,20)26-15-8-6-13(7-9-15)23-28-27-22-16(25)21-14(11-24)10-12-4-2-1-3-5-12;1-10(2)8-4-6-9(11-3)7-5-8/h1-9,11,14,23H,10H2,(H2,21,22,25);4-7H,1-3H3. The van der Waals surface area contributed by atoms with Crippen LogP contribution in [0.15, 0.2) is 78.9 Å². The number of carbonyl (C=O) groups excluding carboxylic acids is 2. The molecule has 210 valence electrons. The van der Waals surface area contributed by atoms with Crippen molar-refractivity contribution < 1.29 is 36.5 Å². The fourth-order valence-corrected chi connectivity index (χ4v) is 3.32. The van der Waals surface area contributed by atoms with Crippen LogP contribution in [-0.2, 0) is 15.5 Å². The minimum absolute atomic E-state index is 0.329. The molecule has 0 aliphatic carbocycles. The number of amides is 2. The van der Waals surface area contributed by atoms with Crippen molar-refractivity contribution in [2.24, 2.45) is 0 Å². The smallest absolute Gasteiger partial charge is 0.497 e. The number of hydroxylamine groups is 1. The summed E-state index contributed by atoms with van der Waals surface area (Å²) >= 11 is 0.619. The van der Waals surface area contributed by atoms with Crippen LogP contribution >= 0.6 is 12.2 Å². The Morgan fingerprint density at radius 1 is 0.974 bits per heavy atom. The van der Waals surface area contributed by atoms with Gasteiger partial charge in [-0.25, -0.2) is 10.3 Å². The van der Waals surface area contributed by atoms with E-state index >= 15 is 0 Å². The molecule has 0 heterocycles. The summed E-state index contributed by atoms with van der Waals surface area (Å²) in [7, 11) is 5.70. The third-order valence-electron chi connectivity index (χ3n) is 4.79. The third-order valence-corrected chi connectivity index (χ3v) is 5.28. The molecule has 2 amide bonds. The van der Waals surface area contributed by atoms with Gasteiger partial charge in [0.25, 0.3) is 0 Å². The number of rotatable bonds is 11. The molecular formula is C26H29F3N4O5S. The lowest BCUT2D eigenvalue weighted by atomic mass is 10.1. The number of ether oxygens (including phenoxy) is 2. The molecule has 39 heavy (non-hydrogen) atoms. The molecule has 0 bridgehead atoms. The largest absolute Gasteiger partial charge is 0.573 e. The first-order valence-electron chi connectivity index (χ1n) is 11.4. The first kappa shape index (κ1) is 31.1. The Bertz CT molecular complexity index is 1140.